The highest BCUT2D eigenvalue weighted by Crippen LogP contribution is 2.27. The van der Waals surface area contributed by atoms with E-state index in [1.54, 1.807) is 20.8 Å². The highest BCUT2D eigenvalue weighted by molar-refractivity contribution is 7.92. The summed E-state index contributed by atoms with van der Waals surface area (Å²) in [5.41, 5.74) is 0.690. The van der Waals surface area contributed by atoms with Gasteiger partial charge in [0.05, 0.1) is 11.9 Å². The molecule has 1 atom stereocenters. The lowest BCUT2D eigenvalue weighted by molar-refractivity contribution is -0.139. The lowest BCUT2D eigenvalue weighted by Crippen LogP contribution is -2.52. The first kappa shape index (κ1) is 26.9. The molecule has 7 nitrogen and oxygen atoms in total. The molecule has 180 valence electrons. The smallest absolute Gasteiger partial charge is 0.244 e. The van der Waals surface area contributed by atoms with Crippen molar-refractivity contribution in [3.63, 3.8) is 0 Å². The molecule has 0 saturated heterocycles. The van der Waals surface area contributed by atoms with Gasteiger partial charge in [-0.1, -0.05) is 35.3 Å². The highest BCUT2D eigenvalue weighted by Gasteiger charge is 2.30. The third kappa shape index (κ3) is 7.87. The second-order valence-corrected chi connectivity index (χ2v) is 10.7. The number of rotatable bonds is 9. The summed E-state index contributed by atoms with van der Waals surface area (Å²) in [6, 6.07) is 8.58. The molecule has 0 saturated carbocycles. The number of nitrogens with one attached hydrogen (secondary N) is 1. The molecular formula is C22H26Cl2FN3O4S. The first-order valence-corrected chi connectivity index (χ1v) is 12.7. The molecule has 0 aliphatic rings. The molecule has 0 radical (unpaired) electrons. The van der Waals surface area contributed by atoms with E-state index in [0.29, 0.717) is 5.56 Å². The number of halogens is 3. The number of benzene rings is 2. The number of nitrogens with zero attached hydrogens (tertiary/aromatic N) is 2. The van der Waals surface area contributed by atoms with Crippen molar-refractivity contribution in [2.24, 2.45) is 0 Å². The zero-order valence-corrected chi connectivity index (χ0v) is 21.0. The van der Waals surface area contributed by atoms with Crippen LogP contribution in [0.5, 0.6) is 0 Å². The summed E-state index contributed by atoms with van der Waals surface area (Å²) in [7, 11) is -3.91. The van der Waals surface area contributed by atoms with Crippen molar-refractivity contribution in [2.75, 3.05) is 17.1 Å². The number of carbonyl (C=O) groups excluding carboxylic acids is 2. The second-order valence-electron chi connectivity index (χ2n) is 7.88. The number of hydrogen-bond donors (Lipinski definition) is 1. The van der Waals surface area contributed by atoms with Gasteiger partial charge in [-0.2, -0.15) is 0 Å². The molecule has 0 heterocycles. The van der Waals surface area contributed by atoms with Gasteiger partial charge in [0.1, 0.15) is 18.4 Å². The fourth-order valence-corrected chi connectivity index (χ4v) is 4.42. The average Bonchev–Trinajstić information content (AvgIpc) is 2.68. The number of hydrogen-bond acceptors (Lipinski definition) is 4. The molecule has 0 aromatic heterocycles. The van der Waals surface area contributed by atoms with Crippen LogP contribution in [0.3, 0.4) is 0 Å². The van der Waals surface area contributed by atoms with Crippen LogP contribution in [0.25, 0.3) is 0 Å². The Bertz CT molecular complexity index is 1090. The third-order valence-corrected chi connectivity index (χ3v) is 6.26. The van der Waals surface area contributed by atoms with Crippen molar-refractivity contribution in [1.82, 2.24) is 10.2 Å². The predicted octanol–water partition coefficient (Wildman–Crippen LogP) is 3.84. The lowest BCUT2D eigenvalue weighted by atomic mass is 10.1. The van der Waals surface area contributed by atoms with Gasteiger partial charge >= 0.3 is 0 Å². The number of carbonyl (C=O) groups is 2. The van der Waals surface area contributed by atoms with Crippen LogP contribution in [-0.4, -0.2) is 50.0 Å². The zero-order valence-electron chi connectivity index (χ0n) is 18.7. The maximum Gasteiger partial charge on any atom is 0.244 e. The van der Waals surface area contributed by atoms with Gasteiger partial charge in [0.15, 0.2) is 0 Å². The van der Waals surface area contributed by atoms with E-state index in [9.17, 15) is 22.4 Å². The van der Waals surface area contributed by atoms with Crippen LogP contribution in [0.2, 0.25) is 10.0 Å². The molecule has 1 N–H and O–H groups in total. The molecule has 2 rings (SSSR count). The predicted molar refractivity (Wildman–Crippen MR) is 128 cm³/mol. The first-order chi connectivity index (χ1) is 15.3. The highest BCUT2D eigenvalue weighted by atomic mass is 35.5. The van der Waals surface area contributed by atoms with Gasteiger partial charge in [-0.25, -0.2) is 12.8 Å². The molecule has 0 spiro atoms. The van der Waals surface area contributed by atoms with Crippen molar-refractivity contribution in [1.29, 1.82) is 0 Å². The summed E-state index contributed by atoms with van der Waals surface area (Å²) in [5.74, 6) is -1.48. The fraction of sp³-hybridized carbons (Fsp3) is 0.364. The van der Waals surface area contributed by atoms with Gasteiger partial charge in [0, 0.05) is 22.6 Å². The van der Waals surface area contributed by atoms with E-state index in [1.165, 1.54) is 47.4 Å². The average molecular weight is 518 g/mol. The minimum Gasteiger partial charge on any atom is -0.352 e. The summed E-state index contributed by atoms with van der Waals surface area (Å²) in [6.07, 6.45) is 0.953. The van der Waals surface area contributed by atoms with Gasteiger partial charge in [0.2, 0.25) is 21.8 Å². The van der Waals surface area contributed by atoms with E-state index >= 15 is 0 Å². The zero-order chi connectivity index (χ0) is 24.9. The van der Waals surface area contributed by atoms with E-state index in [-0.39, 0.29) is 28.3 Å². The van der Waals surface area contributed by atoms with Crippen LogP contribution in [0.1, 0.15) is 26.3 Å². The Morgan fingerprint density at radius 2 is 1.58 bits per heavy atom. The maximum absolute atomic E-state index is 13.3. The third-order valence-electron chi connectivity index (χ3n) is 4.68. The number of amides is 2. The van der Waals surface area contributed by atoms with Crippen molar-refractivity contribution in [2.45, 2.75) is 39.4 Å². The molecule has 0 fully saturated rings. The Labute approximate surface area is 203 Å². The largest absolute Gasteiger partial charge is 0.352 e. The van der Waals surface area contributed by atoms with Gasteiger partial charge in [-0.15, -0.1) is 0 Å². The molecule has 0 bridgehead atoms. The van der Waals surface area contributed by atoms with Gasteiger partial charge in [0.25, 0.3) is 0 Å². The van der Waals surface area contributed by atoms with E-state index in [4.69, 9.17) is 23.2 Å². The van der Waals surface area contributed by atoms with Crippen LogP contribution in [0.4, 0.5) is 10.1 Å². The summed E-state index contributed by atoms with van der Waals surface area (Å²) in [5, 5.41) is 3.14. The van der Waals surface area contributed by atoms with Gasteiger partial charge < -0.3 is 10.2 Å². The van der Waals surface area contributed by atoms with E-state index in [0.717, 1.165) is 10.6 Å². The Balaban J connectivity index is 2.41. The second kappa shape index (κ2) is 11.2. The molecule has 0 aliphatic heterocycles. The summed E-state index contributed by atoms with van der Waals surface area (Å²) in [6.45, 7) is 4.49. The molecule has 0 aliphatic carbocycles. The van der Waals surface area contributed by atoms with Crippen molar-refractivity contribution in [3.05, 3.63) is 63.9 Å². The molecule has 2 aromatic carbocycles. The Morgan fingerprint density at radius 3 is 2.06 bits per heavy atom. The van der Waals surface area contributed by atoms with Crippen LogP contribution >= 0.6 is 23.2 Å². The molecule has 2 amide bonds. The number of sulfonamides is 1. The Kier molecular flexibility index (Phi) is 9.11. The van der Waals surface area contributed by atoms with Crippen LogP contribution in [-0.2, 0) is 26.2 Å². The number of anilines is 1. The normalized spacial score (nSPS) is 12.4. The van der Waals surface area contributed by atoms with Crippen molar-refractivity contribution < 1.29 is 22.4 Å². The lowest BCUT2D eigenvalue weighted by Gasteiger charge is -2.32. The van der Waals surface area contributed by atoms with E-state index < -0.39 is 40.2 Å². The van der Waals surface area contributed by atoms with Gasteiger partial charge in [-0.05, 0) is 56.7 Å². The SMILES string of the molecule is CC(C)NC(=O)[C@H](C)N(Cc1ccc(F)cc1)C(=O)CN(c1cc(Cl)cc(Cl)c1)S(C)(=O)=O. The summed E-state index contributed by atoms with van der Waals surface area (Å²) >= 11 is 12.0. The van der Waals surface area contributed by atoms with Crippen LogP contribution < -0.4 is 9.62 Å². The quantitative estimate of drug-likeness (QED) is 0.547. The molecule has 11 heteroatoms. The minimum absolute atomic E-state index is 0.0281. The summed E-state index contributed by atoms with van der Waals surface area (Å²) < 4.78 is 39.2. The molecule has 2 aromatic rings. The Morgan fingerprint density at radius 1 is 1.03 bits per heavy atom. The Hall–Kier alpha value is -2.36. The topological polar surface area (TPSA) is 86.8 Å². The maximum atomic E-state index is 13.3. The van der Waals surface area contributed by atoms with Crippen LogP contribution in [0, 0.1) is 5.82 Å². The van der Waals surface area contributed by atoms with Gasteiger partial charge in [-0.3, -0.25) is 13.9 Å². The van der Waals surface area contributed by atoms with Crippen molar-refractivity contribution in [3.8, 4) is 0 Å². The fourth-order valence-electron chi connectivity index (χ4n) is 3.07. The van der Waals surface area contributed by atoms with E-state index in [2.05, 4.69) is 5.32 Å². The molecular weight excluding hydrogens is 492 g/mol. The van der Waals surface area contributed by atoms with E-state index in [1.807, 2.05) is 0 Å². The molecule has 33 heavy (non-hydrogen) atoms. The monoisotopic (exact) mass is 517 g/mol. The summed E-state index contributed by atoms with van der Waals surface area (Å²) in [4.78, 5) is 27.2. The van der Waals surface area contributed by atoms with Crippen molar-refractivity contribution >= 4 is 50.7 Å². The standard InChI is InChI=1S/C22H26Cl2FN3O4S/c1-14(2)26-22(30)15(3)27(12-16-5-7-19(25)8-6-16)21(29)13-28(33(4,31)32)20-10-17(23)9-18(24)11-20/h5-11,14-15H,12-13H2,1-4H3,(H,26,30)/t15-/m0/s1. The first-order valence-electron chi connectivity index (χ1n) is 10.1. The van der Waals surface area contributed by atoms with Crippen LogP contribution in [0.15, 0.2) is 42.5 Å². The minimum atomic E-state index is -3.91. The molecule has 0 unspecified atom stereocenters.